The zero-order valence-corrected chi connectivity index (χ0v) is 17.6. The molecule has 2 heterocycles. The fourth-order valence-electron chi connectivity index (χ4n) is 3.57. The van der Waals surface area contributed by atoms with Gasteiger partial charge in [0.1, 0.15) is 11.6 Å². The largest absolute Gasteiger partial charge is 0.491 e. The van der Waals surface area contributed by atoms with Gasteiger partial charge < -0.3 is 19.9 Å². The average Bonchev–Trinajstić information content (AvgIpc) is 2.78. The molecule has 0 amide bonds. The van der Waals surface area contributed by atoms with E-state index < -0.39 is 23.2 Å². The van der Waals surface area contributed by atoms with Crippen LogP contribution < -0.4 is 15.0 Å². The van der Waals surface area contributed by atoms with Gasteiger partial charge in [-0.15, -0.1) is 0 Å². The molecule has 0 spiro atoms. The Morgan fingerprint density at radius 3 is 2.25 bits per heavy atom. The summed E-state index contributed by atoms with van der Waals surface area (Å²) >= 11 is 0. The van der Waals surface area contributed by atoms with Crippen molar-refractivity contribution < 1.29 is 22.3 Å². The van der Waals surface area contributed by atoms with Crippen LogP contribution in [0.5, 0.6) is 5.75 Å². The van der Waals surface area contributed by atoms with Gasteiger partial charge in [0.2, 0.25) is 5.82 Å². The van der Waals surface area contributed by atoms with Crippen LogP contribution in [-0.4, -0.2) is 50.2 Å². The van der Waals surface area contributed by atoms with E-state index in [1.54, 1.807) is 24.3 Å². The van der Waals surface area contributed by atoms with E-state index in [0.717, 1.165) is 39.4 Å². The van der Waals surface area contributed by atoms with Crippen LogP contribution in [0.4, 0.5) is 34.8 Å². The van der Waals surface area contributed by atoms with E-state index in [-0.39, 0.29) is 11.5 Å². The Morgan fingerprint density at radius 1 is 0.906 bits per heavy atom. The maximum atomic E-state index is 14.5. The molecule has 0 saturated carbocycles. The lowest BCUT2D eigenvalue weighted by Crippen LogP contribution is -2.44. The van der Waals surface area contributed by atoms with E-state index in [4.69, 9.17) is 4.98 Å². The molecule has 9 heteroatoms. The lowest BCUT2D eigenvalue weighted by molar-refractivity contribution is 0.312. The molecule has 0 aliphatic carbocycles. The maximum Gasteiger partial charge on any atom is 0.205 e. The third-order valence-electron chi connectivity index (χ3n) is 5.38. The molecule has 0 unspecified atom stereocenters. The number of hydrogen-bond donors (Lipinski definition) is 1. The summed E-state index contributed by atoms with van der Waals surface area (Å²) in [5, 5.41) is 2.75. The number of halogens is 4. The molecule has 5 nitrogen and oxygen atoms in total. The normalized spacial score (nSPS) is 14.5. The van der Waals surface area contributed by atoms with Gasteiger partial charge in [0, 0.05) is 49.6 Å². The van der Waals surface area contributed by atoms with Crippen molar-refractivity contribution in [2.75, 3.05) is 50.6 Å². The molecule has 168 valence electrons. The predicted molar refractivity (Wildman–Crippen MR) is 115 cm³/mol. The van der Waals surface area contributed by atoms with E-state index in [9.17, 15) is 17.6 Å². The number of aromatic nitrogens is 1. The van der Waals surface area contributed by atoms with E-state index in [2.05, 4.69) is 19.9 Å². The fraction of sp³-hybridized carbons (Fsp3) is 0.261. The van der Waals surface area contributed by atoms with Gasteiger partial charge in [-0.3, -0.25) is 0 Å². The molecule has 0 bridgehead atoms. The quantitative estimate of drug-likeness (QED) is 0.450. The second kappa shape index (κ2) is 9.04. The lowest BCUT2D eigenvalue weighted by Gasteiger charge is -2.33. The predicted octanol–water partition coefficient (Wildman–Crippen LogP) is 4.81. The average molecular weight is 446 g/mol. The number of methoxy groups -OCH3 is 1. The number of hydrogen-bond acceptors (Lipinski definition) is 5. The zero-order chi connectivity index (χ0) is 22.8. The van der Waals surface area contributed by atoms with Gasteiger partial charge >= 0.3 is 0 Å². The molecule has 0 radical (unpaired) electrons. The van der Waals surface area contributed by atoms with Crippen molar-refractivity contribution in [3.05, 3.63) is 65.7 Å². The lowest BCUT2D eigenvalue weighted by atomic mass is 10.1. The highest BCUT2D eigenvalue weighted by Gasteiger charge is 2.21. The number of piperazine rings is 1. The Bertz CT molecular complexity index is 1120. The topological polar surface area (TPSA) is 40.6 Å². The third-order valence-corrected chi connectivity index (χ3v) is 5.38. The molecule has 3 aromatic rings. The first-order chi connectivity index (χ1) is 15.4. The van der Waals surface area contributed by atoms with E-state index in [1.807, 2.05) is 7.05 Å². The molecular weight excluding hydrogens is 424 g/mol. The Balaban J connectivity index is 1.75. The summed E-state index contributed by atoms with van der Waals surface area (Å²) < 4.78 is 60.8. The SMILES string of the molecule is COc1c(F)cc(Nc2cc(-c3ccc(F)cc3)nc(N3CCN(C)CC3)c2)c(F)c1F. The van der Waals surface area contributed by atoms with Gasteiger partial charge in [0.25, 0.3) is 0 Å². The number of pyridine rings is 1. The minimum atomic E-state index is -1.41. The number of nitrogens with one attached hydrogen (secondary N) is 1. The zero-order valence-electron chi connectivity index (χ0n) is 17.6. The molecule has 4 rings (SSSR count). The number of nitrogens with zero attached hydrogens (tertiary/aromatic N) is 3. The van der Waals surface area contributed by atoms with Crippen molar-refractivity contribution in [2.24, 2.45) is 0 Å². The molecule has 1 N–H and O–H groups in total. The summed E-state index contributed by atoms with van der Waals surface area (Å²) in [5.41, 5.74) is 1.18. The van der Waals surface area contributed by atoms with Crippen molar-refractivity contribution >= 4 is 17.2 Å². The minimum absolute atomic E-state index is 0.374. The summed E-state index contributed by atoms with van der Waals surface area (Å²) in [6.07, 6.45) is 0. The molecule has 1 saturated heterocycles. The van der Waals surface area contributed by atoms with Crippen LogP contribution in [0, 0.1) is 23.3 Å². The summed E-state index contributed by atoms with van der Waals surface area (Å²) in [5.74, 6) is -4.24. The molecule has 32 heavy (non-hydrogen) atoms. The molecule has 2 aromatic carbocycles. The first-order valence-electron chi connectivity index (χ1n) is 10.1. The summed E-state index contributed by atoms with van der Waals surface area (Å²) in [4.78, 5) is 8.96. The highest BCUT2D eigenvalue weighted by atomic mass is 19.2. The number of benzene rings is 2. The maximum absolute atomic E-state index is 14.5. The molecule has 0 atom stereocenters. The van der Waals surface area contributed by atoms with Crippen molar-refractivity contribution in [3.63, 3.8) is 0 Å². The van der Waals surface area contributed by atoms with Crippen molar-refractivity contribution in [1.82, 2.24) is 9.88 Å². The van der Waals surface area contributed by atoms with Crippen LogP contribution in [0.15, 0.2) is 42.5 Å². The number of anilines is 3. The first-order valence-corrected chi connectivity index (χ1v) is 10.1. The summed E-state index contributed by atoms with van der Waals surface area (Å²) in [6, 6.07) is 9.96. The van der Waals surface area contributed by atoms with Crippen LogP contribution in [0.2, 0.25) is 0 Å². The molecular formula is C23H22F4N4O. The van der Waals surface area contributed by atoms with Crippen molar-refractivity contribution in [2.45, 2.75) is 0 Å². The van der Waals surface area contributed by atoms with E-state index >= 15 is 0 Å². The van der Waals surface area contributed by atoms with E-state index in [1.165, 1.54) is 12.1 Å². The van der Waals surface area contributed by atoms with Crippen LogP contribution in [0.25, 0.3) is 11.3 Å². The van der Waals surface area contributed by atoms with Crippen LogP contribution in [0.1, 0.15) is 0 Å². The van der Waals surface area contributed by atoms with Crippen molar-refractivity contribution in [1.29, 1.82) is 0 Å². The molecule has 1 fully saturated rings. The number of ether oxygens (including phenoxy) is 1. The Labute approximate surface area is 183 Å². The van der Waals surface area contributed by atoms with Crippen LogP contribution in [-0.2, 0) is 0 Å². The number of likely N-dealkylation sites (N-methyl/N-ethyl adjacent to an activating group) is 1. The monoisotopic (exact) mass is 446 g/mol. The van der Waals surface area contributed by atoms with Gasteiger partial charge in [0.05, 0.1) is 18.5 Å². The Hall–Kier alpha value is -3.33. The van der Waals surface area contributed by atoms with Crippen LogP contribution >= 0.6 is 0 Å². The van der Waals surface area contributed by atoms with E-state index in [0.29, 0.717) is 22.8 Å². The van der Waals surface area contributed by atoms with Crippen LogP contribution in [0.3, 0.4) is 0 Å². The van der Waals surface area contributed by atoms with Gasteiger partial charge in [0.15, 0.2) is 17.4 Å². The second-order valence-electron chi connectivity index (χ2n) is 7.59. The summed E-state index contributed by atoms with van der Waals surface area (Å²) in [6.45, 7) is 3.15. The standard InChI is InChI=1S/C23H22F4N4O/c1-30-7-9-31(10-8-30)20-12-16(11-18(29-20)14-3-5-15(24)6-4-14)28-19-13-17(25)23(32-2)22(27)21(19)26/h3-6,11-13H,7-10H2,1-2H3,(H,28,29). The minimum Gasteiger partial charge on any atom is -0.491 e. The summed E-state index contributed by atoms with van der Waals surface area (Å²) in [7, 11) is 3.09. The molecule has 1 aliphatic heterocycles. The smallest absolute Gasteiger partial charge is 0.205 e. The Kier molecular flexibility index (Phi) is 6.18. The van der Waals surface area contributed by atoms with Gasteiger partial charge in [-0.1, -0.05) is 0 Å². The highest BCUT2D eigenvalue weighted by Crippen LogP contribution is 2.33. The Morgan fingerprint density at radius 2 is 1.59 bits per heavy atom. The second-order valence-corrected chi connectivity index (χ2v) is 7.59. The fourth-order valence-corrected chi connectivity index (χ4v) is 3.57. The highest BCUT2D eigenvalue weighted by molar-refractivity contribution is 5.72. The van der Waals surface area contributed by atoms with Gasteiger partial charge in [-0.05, 0) is 37.4 Å². The molecule has 1 aromatic heterocycles. The van der Waals surface area contributed by atoms with Gasteiger partial charge in [-0.25, -0.2) is 18.2 Å². The molecule has 1 aliphatic rings. The van der Waals surface area contributed by atoms with Crippen molar-refractivity contribution in [3.8, 4) is 17.0 Å². The van der Waals surface area contributed by atoms with Gasteiger partial charge in [-0.2, -0.15) is 4.39 Å². The number of rotatable bonds is 5. The first kappa shape index (κ1) is 21.9. The third kappa shape index (κ3) is 4.47.